The molecule has 0 saturated heterocycles. The Bertz CT molecular complexity index is 1290. The molecule has 1 aliphatic carbocycles. The summed E-state index contributed by atoms with van der Waals surface area (Å²) >= 11 is 0. The van der Waals surface area contributed by atoms with Crippen LogP contribution in [0.25, 0.3) is 0 Å². The molecule has 0 unspecified atom stereocenters. The first-order valence-corrected chi connectivity index (χ1v) is 16.1. The van der Waals surface area contributed by atoms with Crippen LogP contribution in [0.3, 0.4) is 0 Å². The van der Waals surface area contributed by atoms with Crippen LogP contribution in [0.4, 0.5) is 9.59 Å². The van der Waals surface area contributed by atoms with E-state index in [1.54, 1.807) is 62.4 Å². The summed E-state index contributed by atoms with van der Waals surface area (Å²) in [5.41, 5.74) is 1.53. The smallest absolute Gasteiger partial charge is 0.414 e. The highest BCUT2D eigenvalue weighted by molar-refractivity contribution is 5.97. The number of nitrogens with one attached hydrogen (secondary N) is 6. The lowest BCUT2D eigenvalue weighted by atomic mass is 9.89. The summed E-state index contributed by atoms with van der Waals surface area (Å²) in [5.74, 6) is -2.30. The summed E-state index contributed by atoms with van der Waals surface area (Å²) in [6.45, 7) is 6.26. The van der Waals surface area contributed by atoms with E-state index in [1.165, 1.54) is 13.8 Å². The number of hydrogen-bond acceptors (Lipinski definition) is 10. The molecule has 2 aromatic rings. The molecule has 0 spiro atoms. The van der Waals surface area contributed by atoms with Crippen molar-refractivity contribution in [2.24, 2.45) is 0 Å². The van der Waals surface area contributed by atoms with Crippen molar-refractivity contribution in [3.8, 4) is 0 Å². The lowest BCUT2D eigenvalue weighted by molar-refractivity contribution is -0.129. The summed E-state index contributed by atoms with van der Waals surface area (Å²) in [5, 5.41) is 16.1. The van der Waals surface area contributed by atoms with Crippen LogP contribution in [-0.4, -0.2) is 72.1 Å². The zero-order valence-corrected chi connectivity index (χ0v) is 27.7. The van der Waals surface area contributed by atoms with Gasteiger partial charge in [-0.05, 0) is 51.7 Å². The number of rotatable bonds is 14. The van der Waals surface area contributed by atoms with Crippen molar-refractivity contribution in [3.63, 3.8) is 0 Å². The van der Waals surface area contributed by atoms with Crippen LogP contribution in [0.1, 0.15) is 64.5 Å². The second-order valence-electron chi connectivity index (χ2n) is 11.8. The minimum absolute atomic E-state index is 0.00111. The standard InChI is InChI=1S/C34H46N6O8/c1-21(29(41)37-23(3)31(43)39-33(45)47-19-25-13-7-5-8-14-25)35-27-17-11-12-18-28(27)36-22(2)30(42)38-24(4)32(44)40-34(46)48-20-26-15-9-6-10-16-26/h5-10,13-16,21-24,27-28,35-36H,11-12,17-20H2,1-4H3,(H,37,41)(H,38,42)(H,39,43,45)(H,40,44,46)/t21-,22-,23+,24+,27+,28+/m0/s1. The molecule has 0 bridgehead atoms. The maximum Gasteiger partial charge on any atom is 0.414 e. The molecule has 1 aliphatic rings. The molecular formula is C34H46N6O8. The van der Waals surface area contributed by atoms with Crippen LogP contribution in [-0.2, 0) is 41.9 Å². The molecule has 3 rings (SSSR count). The van der Waals surface area contributed by atoms with Crippen molar-refractivity contribution in [3.05, 3.63) is 71.8 Å². The van der Waals surface area contributed by atoms with Gasteiger partial charge in [0.2, 0.25) is 11.8 Å². The Morgan fingerprint density at radius 3 is 1.27 bits per heavy atom. The minimum atomic E-state index is -1.00. The number of carbonyl (C=O) groups excluding carboxylic acids is 6. The average Bonchev–Trinajstić information content (AvgIpc) is 3.07. The van der Waals surface area contributed by atoms with E-state index in [-0.39, 0.29) is 25.3 Å². The molecule has 6 N–H and O–H groups in total. The third-order valence-corrected chi connectivity index (χ3v) is 7.86. The molecular weight excluding hydrogens is 620 g/mol. The molecule has 1 fully saturated rings. The van der Waals surface area contributed by atoms with Gasteiger partial charge in [-0.2, -0.15) is 0 Å². The third kappa shape index (κ3) is 12.8. The lowest BCUT2D eigenvalue weighted by Gasteiger charge is -2.36. The van der Waals surface area contributed by atoms with Crippen molar-refractivity contribution in [2.45, 2.75) is 103 Å². The molecule has 14 nitrogen and oxygen atoms in total. The Kier molecular flexibility index (Phi) is 15.0. The van der Waals surface area contributed by atoms with Gasteiger partial charge in [0, 0.05) is 12.1 Å². The Hall–Kier alpha value is -4.82. The van der Waals surface area contributed by atoms with Crippen molar-refractivity contribution in [2.75, 3.05) is 0 Å². The molecule has 6 atom stereocenters. The number of carbonyl (C=O) groups is 6. The van der Waals surface area contributed by atoms with Gasteiger partial charge in [-0.3, -0.25) is 29.8 Å². The summed E-state index contributed by atoms with van der Waals surface area (Å²) in [7, 11) is 0. The molecule has 14 heteroatoms. The van der Waals surface area contributed by atoms with E-state index in [1.807, 2.05) is 12.1 Å². The molecule has 0 aliphatic heterocycles. The Labute approximate surface area is 280 Å². The molecule has 260 valence electrons. The highest BCUT2D eigenvalue weighted by atomic mass is 16.6. The van der Waals surface area contributed by atoms with Gasteiger partial charge in [-0.15, -0.1) is 0 Å². The molecule has 0 radical (unpaired) electrons. The zero-order chi connectivity index (χ0) is 35.1. The number of ether oxygens (including phenoxy) is 2. The van der Waals surface area contributed by atoms with Crippen LogP contribution in [0.5, 0.6) is 0 Å². The largest absolute Gasteiger partial charge is 0.444 e. The fraction of sp³-hybridized carbons (Fsp3) is 0.471. The summed E-state index contributed by atoms with van der Waals surface area (Å²) in [4.78, 5) is 74.8. The molecule has 0 aromatic heterocycles. The highest BCUT2D eigenvalue weighted by Crippen LogP contribution is 2.20. The summed E-state index contributed by atoms with van der Waals surface area (Å²) in [6, 6.07) is 14.3. The van der Waals surface area contributed by atoms with Crippen molar-refractivity contribution >= 4 is 35.8 Å². The predicted molar refractivity (Wildman–Crippen MR) is 176 cm³/mol. The van der Waals surface area contributed by atoms with Crippen molar-refractivity contribution in [1.82, 2.24) is 31.9 Å². The van der Waals surface area contributed by atoms with Crippen molar-refractivity contribution < 1.29 is 38.2 Å². The average molecular weight is 667 g/mol. The molecule has 2 aromatic carbocycles. The topological polar surface area (TPSA) is 193 Å². The lowest BCUT2D eigenvalue weighted by Crippen LogP contribution is -2.60. The number of imide groups is 2. The van der Waals surface area contributed by atoms with Gasteiger partial charge in [-0.25, -0.2) is 9.59 Å². The second-order valence-corrected chi connectivity index (χ2v) is 11.8. The van der Waals surface area contributed by atoms with Gasteiger partial charge in [0.25, 0.3) is 11.8 Å². The van der Waals surface area contributed by atoms with E-state index in [4.69, 9.17) is 9.47 Å². The van der Waals surface area contributed by atoms with Crippen LogP contribution in [0.15, 0.2) is 60.7 Å². The van der Waals surface area contributed by atoms with Crippen LogP contribution >= 0.6 is 0 Å². The number of benzene rings is 2. The van der Waals surface area contributed by atoms with E-state index in [2.05, 4.69) is 31.9 Å². The van der Waals surface area contributed by atoms with E-state index >= 15 is 0 Å². The Morgan fingerprint density at radius 1 is 0.562 bits per heavy atom. The molecule has 48 heavy (non-hydrogen) atoms. The van der Waals surface area contributed by atoms with Gasteiger partial charge < -0.3 is 30.7 Å². The van der Waals surface area contributed by atoms with E-state index in [0.717, 1.165) is 36.8 Å². The first kappa shape index (κ1) is 37.6. The molecule has 0 heterocycles. The second kappa shape index (κ2) is 19.1. The number of amides is 6. The summed E-state index contributed by atoms with van der Waals surface area (Å²) < 4.78 is 10.1. The first-order valence-electron chi connectivity index (χ1n) is 16.1. The van der Waals surface area contributed by atoms with Crippen molar-refractivity contribution in [1.29, 1.82) is 0 Å². The first-order chi connectivity index (χ1) is 22.9. The fourth-order valence-electron chi connectivity index (χ4n) is 5.07. The van der Waals surface area contributed by atoms with Crippen LogP contribution < -0.4 is 31.9 Å². The Morgan fingerprint density at radius 2 is 0.917 bits per heavy atom. The minimum Gasteiger partial charge on any atom is -0.444 e. The highest BCUT2D eigenvalue weighted by Gasteiger charge is 2.31. The zero-order valence-electron chi connectivity index (χ0n) is 27.7. The van der Waals surface area contributed by atoms with Crippen LogP contribution in [0.2, 0.25) is 0 Å². The monoisotopic (exact) mass is 666 g/mol. The maximum atomic E-state index is 12.9. The molecule has 6 amide bonds. The molecule has 1 saturated carbocycles. The van der Waals surface area contributed by atoms with Gasteiger partial charge in [-0.1, -0.05) is 73.5 Å². The summed E-state index contributed by atoms with van der Waals surface area (Å²) in [6.07, 6.45) is 1.51. The van der Waals surface area contributed by atoms with Gasteiger partial charge in [0.05, 0.1) is 12.1 Å². The van der Waals surface area contributed by atoms with E-state index in [9.17, 15) is 28.8 Å². The third-order valence-electron chi connectivity index (χ3n) is 7.86. The van der Waals surface area contributed by atoms with Gasteiger partial charge in [0.1, 0.15) is 25.3 Å². The van der Waals surface area contributed by atoms with E-state index < -0.39 is 60.0 Å². The maximum absolute atomic E-state index is 12.9. The number of alkyl carbamates (subject to hydrolysis) is 2. The van der Waals surface area contributed by atoms with Gasteiger partial charge in [0.15, 0.2) is 0 Å². The van der Waals surface area contributed by atoms with E-state index in [0.29, 0.717) is 0 Å². The van der Waals surface area contributed by atoms with Gasteiger partial charge >= 0.3 is 12.2 Å². The normalized spacial score (nSPS) is 18.2. The fourth-order valence-corrected chi connectivity index (χ4v) is 5.07. The Balaban J connectivity index is 1.40. The predicted octanol–water partition coefficient (Wildman–Crippen LogP) is 2.17. The van der Waals surface area contributed by atoms with Crippen LogP contribution in [0, 0.1) is 0 Å². The SMILES string of the molecule is C[C@H](N[C@@H]1CCCC[C@H]1N[C@@H](C)C(=O)N[C@H](C)C(=O)NC(=O)OCc1ccccc1)C(=O)N[C@H](C)C(=O)NC(=O)OCc1ccccc1. The quantitative estimate of drug-likeness (QED) is 0.174. The number of hydrogen-bond donors (Lipinski definition) is 6.